The first-order valence-corrected chi connectivity index (χ1v) is 9.26. The Hall–Kier alpha value is -1.47. The molecule has 2 aromatic rings. The van der Waals surface area contributed by atoms with E-state index in [4.69, 9.17) is 4.74 Å². The summed E-state index contributed by atoms with van der Waals surface area (Å²) < 4.78 is 57.9. The summed E-state index contributed by atoms with van der Waals surface area (Å²) in [5.41, 5.74) is 0. The Morgan fingerprint density at radius 2 is 2.00 bits per heavy atom. The smallest absolute Gasteiger partial charge is 0.250 e. The standard InChI is InChI=1S/C14H10BrF2NO3S2/c15-13-5-6-14(22-13)23(19,20)18-7-1-2-8-21-12-4-3-10(16)9-11(12)17/h3-6,9,18H,7-8H2. The molecule has 4 nitrogen and oxygen atoms in total. The summed E-state index contributed by atoms with van der Waals surface area (Å²) in [7, 11) is -3.60. The first-order valence-electron chi connectivity index (χ1n) is 6.17. The molecule has 23 heavy (non-hydrogen) atoms. The second kappa shape index (κ2) is 7.88. The number of thiophene rings is 1. The van der Waals surface area contributed by atoms with Crippen molar-refractivity contribution in [2.75, 3.05) is 13.2 Å². The predicted octanol–water partition coefficient (Wildman–Crippen LogP) is 3.15. The normalized spacial score (nSPS) is 10.9. The van der Waals surface area contributed by atoms with Gasteiger partial charge in [-0.1, -0.05) is 11.8 Å². The van der Waals surface area contributed by atoms with Gasteiger partial charge in [0, 0.05) is 6.07 Å². The summed E-state index contributed by atoms with van der Waals surface area (Å²) >= 11 is 4.27. The van der Waals surface area contributed by atoms with Crippen LogP contribution in [-0.2, 0) is 10.0 Å². The van der Waals surface area contributed by atoms with Crippen molar-refractivity contribution in [1.82, 2.24) is 4.72 Å². The first-order chi connectivity index (χ1) is 10.9. The molecule has 0 aliphatic heterocycles. The molecule has 0 fully saturated rings. The van der Waals surface area contributed by atoms with Crippen molar-refractivity contribution in [3.63, 3.8) is 0 Å². The molecular formula is C14H10BrF2NO3S2. The summed E-state index contributed by atoms with van der Waals surface area (Å²) in [6.07, 6.45) is 0. The molecule has 1 aromatic heterocycles. The van der Waals surface area contributed by atoms with Crippen molar-refractivity contribution in [3.05, 3.63) is 45.8 Å². The highest BCUT2D eigenvalue weighted by molar-refractivity contribution is 9.11. The molecular weight excluding hydrogens is 412 g/mol. The van der Waals surface area contributed by atoms with E-state index in [1.54, 1.807) is 6.07 Å². The third-order valence-corrected chi connectivity index (χ3v) is 6.00. The molecule has 122 valence electrons. The van der Waals surface area contributed by atoms with Crippen LogP contribution in [0, 0.1) is 23.5 Å². The lowest BCUT2D eigenvalue weighted by Crippen LogP contribution is -2.23. The van der Waals surface area contributed by atoms with Gasteiger partial charge in [-0.2, -0.15) is 4.72 Å². The highest BCUT2D eigenvalue weighted by atomic mass is 79.9. The van der Waals surface area contributed by atoms with E-state index < -0.39 is 21.7 Å². The number of nitrogens with one attached hydrogen (secondary N) is 1. The van der Waals surface area contributed by atoms with Crippen molar-refractivity contribution in [1.29, 1.82) is 0 Å². The van der Waals surface area contributed by atoms with Crippen molar-refractivity contribution >= 4 is 37.3 Å². The monoisotopic (exact) mass is 421 g/mol. The molecule has 1 N–H and O–H groups in total. The van der Waals surface area contributed by atoms with Gasteiger partial charge in [0.1, 0.15) is 16.6 Å². The molecule has 9 heteroatoms. The Kier molecular flexibility index (Phi) is 6.12. The van der Waals surface area contributed by atoms with Crippen LogP contribution in [0.5, 0.6) is 5.75 Å². The number of rotatable bonds is 5. The Labute approximate surface area is 144 Å². The highest BCUT2D eigenvalue weighted by Crippen LogP contribution is 2.25. The number of sulfonamides is 1. The van der Waals surface area contributed by atoms with Crippen LogP contribution in [0.2, 0.25) is 0 Å². The van der Waals surface area contributed by atoms with Crippen LogP contribution in [0.15, 0.2) is 38.3 Å². The van der Waals surface area contributed by atoms with Gasteiger partial charge in [0.2, 0.25) is 0 Å². The lowest BCUT2D eigenvalue weighted by Gasteiger charge is -2.03. The number of halogens is 3. The Morgan fingerprint density at radius 3 is 2.65 bits per heavy atom. The Bertz CT molecular complexity index is 856. The van der Waals surface area contributed by atoms with Crippen molar-refractivity contribution < 1.29 is 21.9 Å². The first kappa shape index (κ1) is 17.9. The summed E-state index contributed by atoms with van der Waals surface area (Å²) in [6.45, 7) is -0.248. The largest absolute Gasteiger partial charge is 0.478 e. The van der Waals surface area contributed by atoms with Crippen LogP contribution < -0.4 is 9.46 Å². The van der Waals surface area contributed by atoms with E-state index in [0.717, 1.165) is 23.5 Å². The molecule has 1 aromatic carbocycles. The molecule has 0 aliphatic carbocycles. The maximum absolute atomic E-state index is 13.3. The van der Waals surface area contributed by atoms with Crippen LogP contribution in [0.4, 0.5) is 8.78 Å². The van der Waals surface area contributed by atoms with Gasteiger partial charge in [0.05, 0.1) is 10.3 Å². The van der Waals surface area contributed by atoms with Crippen molar-refractivity contribution in [2.24, 2.45) is 0 Å². The van der Waals surface area contributed by atoms with Crippen LogP contribution >= 0.6 is 27.3 Å². The third kappa shape index (κ3) is 5.28. The lowest BCUT2D eigenvalue weighted by molar-refractivity contribution is 0.346. The number of benzene rings is 1. The van der Waals surface area contributed by atoms with E-state index in [1.165, 1.54) is 6.07 Å². The molecule has 0 atom stereocenters. The van der Waals surface area contributed by atoms with E-state index >= 15 is 0 Å². The van der Waals surface area contributed by atoms with Gasteiger partial charge in [-0.25, -0.2) is 17.2 Å². The minimum absolute atomic E-state index is 0.104. The van der Waals surface area contributed by atoms with Crippen LogP contribution in [0.3, 0.4) is 0 Å². The molecule has 0 spiro atoms. The summed E-state index contributed by atoms with van der Waals surface area (Å²) in [5, 5.41) is 0. The van der Waals surface area contributed by atoms with Gasteiger partial charge in [-0.15, -0.1) is 11.3 Å². The highest BCUT2D eigenvalue weighted by Gasteiger charge is 2.14. The predicted molar refractivity (Wildman–Crippen MR) is 86.8 cm³/mol. The second-order valence-electron chi connectivity index (χ2n) is 4.10. The van der Waals surface area contributed by atoms with Gasteiger partial charge in [0.15, 0.2) is 11.6 Å². The fourth-order valence-corrected chi connectivity index (χ4v) is 4.44. The molecule has 0 saturated heterocycles. The maximum Gasteiger partial charge on any atom is 0.250 e. The fourth-order valence-electron chi connectivity index (χ4n) is 1.46. The average molecular weight is 422 g/mol. The SMILES string of the molecule is O=S(=O)(NCC#CCOc1ccc(F)cc1F)c1ccc(Br)s1. The fraction of sp³-hybridized carbons (Fsp3) is 0.143. The van der Waals surface area contributed by atoms with Crippen molar-refractivity contribution in [3.8, 4) is 17.6 Å². The summed E-state index contributed by atoms with van der Waals surface area (Å²) in [5.74, 6) is 3.45. The minimum Gasteiger partial charge on any atom is -0.478 e. The molecule has 0 bridgehead atoms. The zero-order chi connectivity index (χ0) is 16.9. The zero-order valence-corrected chi connectivity index (χ0v) is 14.7. The van der Waals surface area contributed by atoms with E-state index in [2.05, 4.69) is 32.5 Å². The van der Waals surface area contributed by atoms with E-state index in [9.17, 15) is 17.2 Å². The topological polar surface area (TPSA) is 55.4 Å². The van der Waals surface area contributed by atoms with Gasteiger partial charge in [-0.05, 0) is 40.2 Å². The Morgan fingerprint density at radius 1 is 1.22 bits per heavy atom. The second-order valence-corrected chi connectivity index (χ2v) is 8.56. The van der Waals surface area contributed by atoms with Crippen LogP contribution in [0.1, 0.15) is 0 Å². The zero-order valence-electron chi connectivity index (χ0n) is 11.5. The molecule has 0 radical (unpaired) electrons. The van der Waals surface area contributed by atoms with Crippen molar-refractivity contribution in [2.45, 2.75) is 4.21 Å². The van der Waals surface area contributed by atoms with Crippen LogP contribution in [0.25, 0.3) is 0 Å². The summed E-state index contributed by atoms with van der Waals surface area (Å²) in [4.78, 5) is 0. The molecule has 0 amide bonds. The maximum atomic E-state index is 13.3. The van der Waals surface area contributed by atoms with Crippen LogP contribution in [-0.4, -0.2) is 21.6 Å². The molecule has 1 heterocycles. The van der Waals surface area contributed by atoms with E-state index in [1.807, 2.05) is 0 Å². The lowest BCUT2D eigenvalue weighted by atomic mass is 10.3. The number of hydrogen-bond acceptors (Lipinski definition) is 4. The average Bonchev–Trinajstić information content (AvgIpc) is 2.92. The molecule has 0 unspecified atom stereocenters. The summed E-state index contributed by atoms with van der Waals surface area (Å²) in [6, 6.07) is 6.04. The van der Waals surface area contributed by atoms with Gasteiger partial charge >= 0.3 is 0 Å². The number of ether oxygens (including phenoxy) is 1. The Balaban J connectivity index is 1.82. The third-order valence-electron chi connectivity index (χ3n) is 2.48. The molecule has 0 saturated carbocycles. The molecule has 0 aliphatic rings. The van der Waals surface area contributed by atoms with Gasteiger partial charge < -0.3 is 4.74 Å². The molecule has 2 rings (SSSR count). The van der Waals surface area contributed by atoms with E-state index in [0.29, 0.717) is 9.85 Å². The van der Waals surface area contributed by atoms with Gasteiger partial charge in [0.25, 0.3) is 10.0 Å². The van der Waals surface area contributed by atoms with E-state index in [-0.39, 0.29) is 23.1 Å². The number of hydrogen-bond donors (Lipinski definition) is 1. The van der Waals surface area contributed by atoms with Gasteiger partial charge in [-0.3, -0.25) is 0 Å². The minimum atomic E-state index is -3.60. The quantitative estimate of drug-likeness (QED) is 0.754.